The summed E-state index contributed by atoms with van der Waals surface area (Å²) in [6.45, 7) is 9.09. The van der Waals surface area contributed by atoms with E-state index < -0.39 is 6.04 Å². The minimum atomic E-state index is -0.691. The van der Waals surface area contributed by atoms with Crippen LogP contribution >= 0.6 is 11.6 Å². The fourth-order valence-corrected chi connectivity index (χ4v) is 4.11. The van der Waals surface area contributed by atoms with Crippen LogP contribution in [0.2, 0.25) is 5.02 Å². The van der Waals surface area contributed by atoms with Crippen molar-refractivity contribution in [2.45, 2.75) is 58.5 Å². The van der Waals surface area contributed by atoms with Gasteiger partial charge in [-0.15, -0.1) is 0 Å². The number of hydrogen-bond donors (Lipinski definition) is 1. The number of nitrogens with one attached hydrogen (secondary N) is 1. The number of rotatable bonds is 11. The van der Waals surface area contributed by atoms with Gasteiger partial charge in [0, 0.05) is 24.5 Å². The van der Waals surface area contributed by atoms with Crippen molar-refractivity contribution in [2.75, 3.05) is 13.2 Å². The Morgan fingerprint density at radius 2 is 1.57 bits per heavy atom. The zero-order valence-electron chi connectivity index (χ0n) is 22.2. The number of benzene rings is 3. The van der Waals surface area contributed by atoms with Crippen LogP contribution < -0.4 is 10.1 Å². The van der Waals surface area contributed by atoms with E-state index >= 15 is 0 Å². The normalized spacial score (nSPS) is 12.0. The van der Waals surface area contributed by atoms with Gasteiger partial charge < -0.3 is 15.0 Å². The minimum absolute atomic E-state index is 0.0280. The van der Waals surface area contributed by atoms with Gasteiger partial charge in [-0.1, -0.05) is 93.9 Å². The molecule has 5 nitrogen and oxygen atoms in total. The van der Waals surface area contributed by atoms with Gasteiger partial charge in [-0.25, -0.2) is 0 Å². The van der Waals surface area contributed by atoms with Crippen LogP contribution in [0.15, 0.2) is 78.9 Å². The molecular formula is C31H37ClN2O3. The van der Waals surface area contributed by atoms with Gasteiger partial charge in [0.2, 0.25) is 5.91 Å². The Morgan fingerprint density at radius 1 is 0.919 bits per heavy atom. The van der Waals surface area contributed by atoms with Gasteiger partial charge in [-0.3, -0.25) is 9.59 Å². The Labute approximate surface area is 225 Å². The molecule has 0 bridgehead atoms. The first-order valence-corrected chi connectivity index (χ1v) is 13.1. The molecule has 1 N–H and O–H groups in total. The largest absolute Gasteiger partial charge is 0.484 e. The summed E-state index contributed by atoms with van der Waals surface area (Å²) < 4.78 is 5.89. The summed E-state index contributed by atoms with van der Waals surface area (Å²) in [6.07, 6.45) is 1.21. The van der Waals surface area contributed by atoms with E-state index in [1.165, 1.54) is 5.56 Å². The molecule has 0 saturated heterocycles. The summed E-state index contributed by atoms with van der Waals surface area (Å²) in [5.74, 6) is 0.174. The van der Waals surface area contributed by atoms with Crippen LogP contribution in [0.4, 0.5) is 0 Å². The van der Waals surface area contributed by atoms with E-state index in [1.54, 1.807) is 17.0 Å². The molecule has 3 aromatic rings. The Kier molecular flexibility index (Phi) is 10.2. The van der Waals surface area contributed by atoms with Crippen LogP contribution in [-0.2, 0) is 28.0 Å². The predicted octanol–water partition coefficient (Wildman–Crippen LogP) is 6.18. The second kappa shape index (κ2) is 13.3. The molecule has 0 aliphatic carbocycles. The molecule has 0 unspecified atom stereocenters. The average Bonchev–Trinajstić information content (AvgIpc) is 2.89. The third-order valence-corrected chi connectivity index (χ3v) is 6.42. The lowest BCUT2D eigenvalue weighted by molar-refractivity contribution is -0.142. The van der Waals surface area contributed by atoms with Crippen LogP contribution in [0.25, 0.3) is 0 Å². The fraction of sp³-hybridized carbons (Fsp3) is 0.355. The molecule has 0 spiro atoms. The molecule has 0 radical (unpaired) electrons. The van der Waals surface area contributed by atoms with Crippen LogP contribution in [0.3, 0.4) is 0 Å². The highest BCUT2D eigenvalue weighted by molar-refractivity contribution is 6.30. The average molecular weight is 521 g/mol. The number of hydrogen-bond acceptors (Lipinski definition) is 3. The van der Waals surface area contributed by atoms with Crippen molar-refractivity contribution in [1.82, 2.24) is 10.2 Å². The van der Waals surface area contributed by atoms with Crippen molar-refractivity contribution >= 4 is 23.4 Å². The molecule has 2 amide bonds. The van der Waals surface area contributed by atoms with Crippen molar-refractivity contribution in [3.8, 4) is 5.75 Å². The first kappa shape index (κ1) is 28.3. The number of ether oxygens (including phenoxy) is 1. The van der Waals surface area contributed by atoms with Gasteiger partial charge in [0.15, 0.2) is 6.61 Å². The second-order valence-corrected chi connectivity index (χ2v) is 10.6. The summed E-state index contributed by atoms with van der Waals surface area (Å²) >= 11 is 6.08. The predicted molar refractivity (Wildman–Crippen MR) is 150 cm³/mol. The molecule has 0 aliphatic heterocycles. The number of nitrogens with zero attached hydrogens (tertiary/aromatic N) is 1. The van der Waals surface area contributed by atoms with Gasteiger partial charge in [0.25, 0.3) is 5.91 Å². The van der Waals surface area contributed by atoms with Crippen molar-refractivity contribution < 1.29 is 14.3 Å². The van der Waals surface area contributed by atoms with Crippen molar-refractivity contribution in [3.05, 3.63) is 101 Å². The van der Waals surface area contributed by atoms with Gasteiger partial charge in [0.05, 0.1) is 0 Å². The fourth-order valence-electron chi connectivity index (χ4n) is 3.99. The second-order valence-electron chi connectivity index (χ2n) is 10.2. The monoisotopic (exact) mass is 520 g/mol. The highest BCUT2D eigenvalue weighted by Crippen LogP contribution is 2.24. The van der Waals surface area contributed by atoms with Crippen molar-refractivity contribution in [2.24, 2.45) is 0 Å². The smallest absolute Gasteiger partial charge is 0.261 e. The van der Waals surface area contributed by atoms with Gasteiger partial charge >= 0.3 is 0 Å². The van der Waals surface area contributed by atoms with E-state index in [0.717, 1.165) is 17.5 Å². The quantitative estimate of drug-likeness (QED) is 0.328. The topological polar surface area (TPSA) is 58.6 Å². The number of carbonyl (C=O) groups is 2. The lowest BCUT2D eigenvalue weighted by Gasteiger charge is -2.31. The molecule has 196 valence electrons. The van der Waals surface area contributed by atoms with E-state index in [0.29, 0.717) is 23.7 Å². The summed E-state index contributed by atoms with van der Waals surface area (Å²) in [4.78, 5) is 28.6. The van der Waals surface area contributed by atoms with Crippen molar-refractivity contribution in [1.29, 1.82) is 0 Å². The maximum absolute atomic E-state index is 13.6. The Balaban J connectivity index is 1.85. The highest BCUT2D eigenvalue weighted by Gasteiger charge is 2.30. The maximum atomic E-state index is 13.6. The lowest BCUT2D eigenvalue weighted by atomic mass is 9.87. The number of carbonyl (C=O) groups excluding carboxylic acids is 2. The Hall–Kier alpha value is -3.31. The minimum Gasteiger partial charge on any atom is -0.484 e. The third-order valence-electron chi connectivity index (χ3n) is 6.17. The van der Waals surface area contributed by atoms with Crippen LogP contribution in [0.5, 0.6) is 5.75 Å². The highest BCUT2D eigenvalue weighted by atomic mass is 35.5. The van der Waals surface area contributed by atoms with Gasteiger partial charge in [0.1, 0.15) is 11.8 Å². The molecule has 0 saturated carbocycles. The van der Waals surface area contributed by atoms with E-state index in [4.69, 9.17) is 16.3 Å². The lowest BCUT2D eigenvalue weighted by Crippen LogP contribution is -2.51. The summed E-state index contributed by atoms with van der Waals surface area (Å²) in [5, 5.41) is 3.60. The number of halogens is 1. The van der Waals surface area contributed by atoms with Crippen molar-refractivity contribution in [3.63, 3.8) is 0 Å². The molecule has 6 heteroatoms. The molecule has 0 fully saturated rings. The van der Waals surface area contributed by atoms with Gasteiger partial charge in [-0.2, -0.15) is 0 Å². The first-order chi connectivity index (χ1) is 17.7. The molecule has 0 aliphatic rings. The molecule has 3 rings (SSSR count). The summed E-state index contributed by atoms with van der Waals surface area (Å²) in [6, 6.07) is 24.2. The molecule has 0 aromatic heterocycles. The molecule has 3 aromatic carbocycles. The van der Waals surface area contributed by atoms with E-state index in [9.17, 15) is 9.59 Å². The van der Waals surface area contributed by atoms with Crippen LogP contribution in [-0.4, -0.2) is 35.9 Å². The van der Waals surface area contributed by atoms with E-state index in [1.807, 2.05) is 73.7 Å². The standard InChI is InChI=1S/C31H37ClN2O3/c1-5-19-33-30(36)28(20-23-9-7-6-8-10-23)34(21-24-11-15-26(32)16-12-24)29(35)22-37-27-17-13-25(14-18-27)31(2,3)4/h6-18,28H,5,19-22H2,1-4H3,(H,33,36)/t28-/m1/s1. The zero-order valence-corrected chi connectivity index (χ0v) is 22.9. The first-order valence-electron chi connectivity index (χ1n) is 12.8. The summed E-state index contributed by atoms with van der Waals surface area (Å²) in [7, 11) is 0. The molecule has 1 atom stereocenters. The SMILES string of the molecule is CCCNC(=O)[C@@H](Cc1ccccc1)N(Cc1ccc(Cl)cc1)C(=O)COc1ccc(C(C)(C)C)cc1. The Morgan fingerprint density at radius 3 is 2.16 bits per heavy atom. The third kappa shape index (κ3) is 8.64. The Bertz CT molecular complexity index is 1140. The van der Waals surface area contributed by atoms with Crippen LogP contribution in [0, 0.1) is 0 Å². The van der Waals surface area contributed by atoms with Crippen LogP contribution in [0.1, 0.15) is 50.8 Å². The van der Waals surface area contributed by atoms with Gasteiger partial charge in [-0.05, 0) is 52.8 Å². The molecule has 37 heavy (non-hydrogen) atoms. The molecule has 0 heterocycles. The zero-order chi connectivity index (χ0) is 26.8. The summed E-state index contributed by atoms with van der Waals surface area (Å²) in [5.41, 5.74) is 3.08. The van der Waals surface area contributed by atoms with E-state index in [-0.39, 0.29) is 30.4 Å². The maximum Gasteiger partial charge on any atom is 0.261 e. The number of amides is 2. The molecular weight excluding hydrogens is 484 g/mol. The van der Waals surface area contributed by atoms with E-state index in [2.05, 4.69) is 26.1 Å².